The van der Waals surface area contributed by atoms with E-state index in [0.29, 0.717) is 6.54 Å². The Labute approximate surface area is 86.8 Å². The van der Waals surface area contributed by atoms with Crippen molar-refractivity contribution in [3.8, 4) is 0 Å². The molecule has 0 saturated carbocycles. The minimum atomic E-state index is -0.353. The molecule has 1 aromatic rings. The molecule has 2 amide bonds. The predicted octanol–water partition coefficient (Wildman–Crippen LogP) is -1.03. The van der Waals surface area contributed by atoms with E-state index >= 15 is 0 Å². The Morgan fingerprint density at radius 2 is 2.13 bits per heavy atom. The molecule has 0 aromatic carbocycles. The van der Waals surface area contributed by atoms with Gasteiger partial charge in [0.1, 0.15) is 0 Å². The summed E-state index contributed by atoms with van der Waals surface area (Å²) >= 11 is 0. The molecule has 6 nitrogen and oxygen atoms in total. The van der Waals surface area contributed by atoms with Gasteiger partial charge in [0, 0.05) is 12.1 Å². The second kappa shape index (κ2) is 5.82. The van der Waals surface area contributed by atoms with Crippen LogP contribution in [0.2, 0.25) is 0 Å². The first-order chi connectivity index (χ1) is 7.22. The molecule has 1 heterocycles. The first-order valence-electron chi connectivity index (χ1n) is 4.47. The Morgan fingerprint density at radius 1 is 1.33 bits per heavy atom. The molecule has 1 rings (SSSR count). The molecule has 15 heavy (non-hydrogen) atoms. The van der Waals surface area contributed by atoms with Gasteiger partial charge in [-0.2, -0.15) is 0 Å². The lowest BCUT2D eigenvalue weighted by atomic mass is 10.3. The molecule has 1 aromatic heterocycles. The van der Waals surface area contributed by atoms with Crippen molar-refractivity contribution in [1.82, 2.24) is 10.6 Å². The molecule has 0 spiro atoms. The molecule has 0 atom stereocenters. The van der Waals surface area contributed by atoms with Crippen LogP contribution in [0.4, 0.5) is 0 Å². The molecule has 0 aliphatic carbocycles. The standard InChI is InChI=1S/C9H13N3O3/c10-3-8(13)12-5-9(14)11-4-7-1-2-15-6-7/h1-2,6H,3-5,10H2,(H,11,14)(H,12,13). The highest BCUT2D eigenvalue weighted by Crippen LogP contribution is 1.97. The van der Waals surface area contributed by atoms with Gasteiger partial charge in [0.05, 0.1) is 25.6 Å². The molecule has 0 unspecified atom stereocenters. The molecule has 6 heteroatoms. The normalized spacial score (nSPS) is 9.67. The molecule has 0 bridgehead atoms. The van der Waals surface area contributed by atoms with Gasteiger partial charge in [-0.05, 0) is 6.07 Å². The highest BCUT2D eigenvalue weighted by molar-refractivity contribution is 5.85. The maximum atomic E-state index is 11.2. The van der Waals surface area contributed by atoms with Crippen LogP contribution >= 0.6 is 0 Å². The summed E-state index contributed by atoms with van der Waals surface area (Å²) in [5.41, 5.74) is 5.92. The van der Waals surface area contributed by atoms with Crippen LogP contribution < -0.4 is 16.4 Å². The van der Waals surface area contributed by atoms with E-state index in [-0.39, 0.29) is 24.9 Å². The average molecular weight is 211 g/mol. The summed E-state index contributed by atoms with van der Waals surface area (Å²) in [6.07, 6.45) is 3.07. The van der Waals surface area contributed by atoms with Gasteiger partial charge in [-0.1, -0.05) is 0 Å². The van der Waals surface area contributed by atoms with Gasteiger partial charge >= 0.3 is 0 Å². The molecular weight excluding hydrogens is 198 g/mol. The largest absolute Gasteiger partial charge is 0.472 e. The minimum Gasteiger partial charge on any atom is -0.472 e. The van der Waals surface area contributed by atoms with Crippen molar-refractivity contribution in [2.24, 2.45) is 5.73 Å². The number of hydrogen-bond donors (Lipinski definition) is 3. The Kier molecular flexibility index (Phi) is 4.36. The lowest BCUT2D eigenvalue weighted by Crippen LogP contribution is -2.39. The average Bonchev–Trinajstić information content (AvgIpc) is 2.75. The fourth-order valence-electron chi connectivity index (χ4n) is 0.907. The lowest BCUT2D eigenvalue weighted by molar-refractivity contribution is -0.125. The van der Waals surface area contributed by atoms with Crippen molar-refractivity contribution in [2.75, 3.05) is 13.1 Å². The van der Waals surface area contributed by atoms with Gasteiger partial charge in [0.2, 0.25) is 11.8 Å². The topological polar surface area (TPSA) is 97.4 Å². The van der Waals surface area contributed by atoms with Crippen LogP contribution in [0.3, 0.4) is 0 Å². The smallest absolute Gasteiger partial charge is 0.239 e. The van der Waals surface area contributed by atoms with E-state index in [2.05, 4.69) is 10.6 Å². The van der Waals surface area contributed by atoms with Gasteiger partial charge in [-0.25, -0.2) is 0 Å². The molecule has 0 aliphatic rings. The van der Waals surface area contributed by atoms with Crippen molar-refractivity contribution in [3.63, 3.8) is 0 Å². The maximum absolute atomic E-state index is 11.2. The van der Waals surface area contributed by atoms with Crippen molar-refractivity contribution in [3.05, 3.63) is 24.2 Å². The fourth-order valence-corrected chi connectivity index (χ4v) is 0.907. The van der Waals surface area contributed by atoms with Crippen LogP contribution in [-0.2, 0) is 16.1 Å². The zero-order valence-electron chi connectivity index (χ0n) is 8.16. The zero-order chi connectivity index (χ0) is 11.1. The van der Waals surface area contributed by atoms with Gasteiger partial charge in [0.15, 0.2) is 0 Å². The lowest BCUT2D eigenvalue weighted by Gasteiger charge is -2.04. The van der Waals surface area contributed by atoms with E-state index in [1.165, 1.54) is 6.26 Å². The van der Waals surface area contributed by atoms with E-state index < -0.39 is 0 Å². The van der Waals surface area contributed by atoms with E-state index in [0.717, 1.165) is 5.56 Å². The Balaban J connectivity index is 2.16. The number of amides is 2. The fraction of sp³-hybridized carbons (Fsp3) is 0.333. The van der Waals surface area contributed by atoms with Crippen LogP contribution in [-0.4, -0.2) is 24.9 Å². The van der Waals surface area contributed by atoms with Crippen molar-refractivity contribution in [1.29, 1.82) is 0 Å². The summed E-state index contributed by atoms with van der Waals surface area (Å²) in [6, 6.07) is 1.75. The van der Waals surface area contributed by atoms with Crippen molar-refractivity contribution < 1.29 is 14.0 Å². The van der Waals surface area contributed by atoms with E-state index in [4.69, 9.17) is 10.2 Å². The second-order valence-electron chi connectivity index (χ2n) is 2.89. The van der Waals surface area contributed by atoms with Gasteiger partial charge < -0.3 is 20.8 Å². The first-order valence-corrected chi connectivity index (χ1v) is 4.47. The van der Waals surface area contributed by atoms with Gasteiger partial charge in [-0.15, -0.1) is 0 Å². The Hall–Kier alpha value is -1.82. The van der Waals surface area contributed by atoms with Crippen LogP contribution in [0.15, 0.2) is 23.0 Å². The van der Waals surface area contributed by atoms with Gasteiger partial charge in [-0.3, -0.25) is 9.59 Å². The van der Waals surface area contributed by atoms with Gasteiger partial charge in [0.25, 0.3) is 0 Å². The number of carbonyl (C=O) groups excluding carboxylic acids is 2. The Morgan fingerprint density at radius 3 is 2.73 bits per heavy atom. The number of carbonyl (C=O) groups is 2. The number of nitrogens with two attached hydrogens (primary N) is 1. The van der Waals surface area contributed by atoms with Crippen molar-refractivity contribution in [2.45, 2.75) is 6.54 Å². The molecule has 0 aliphatic heterocycles. The number of rotatable bonds is 5. The number of hydrogen-bond acceptors (Lipinski definition) is 4. The molecular formula is C9H13N3O3. The van der Waals surface area contributed by atoms with Crippen LogP contribution in [0.25, 0.3) is 0 Å². The molecule has 4 N–H and O–H groups in total. The first kappa shape index (κ1) is 11.3. The molecule has 0 saturated heterocycles. The minimum absolute atomic E-state index is 0.0616. The number of furan rings is 1. The second-order valence-corrected chi connectivity index (χ2v) is 2.89. The van der Waals surface area contributed by atoms with E-state index in [9.17, 15) is 9.59 Å². The maximum Gasteiger partial charge on any atom is 0.239 e. The van der Waals surface area contributed by atoms with Crippen molar-refractivity contribution >= 4 is 11.8 Å². The number of nitrogens with one attached hydrogen (secondary N) is 2. The zero-order valence-corrected chi connectivity index (χ0v) is 8.16. The third kappa shape index (κ3) is 4.28. The summed E-state index contributed by atoms with van der Waals surface area (Å²) in [5.74, 6) is -0.619. The monoisotopic (exact) mass is 211 g/mol. The molecule has 82 valence electrons. The van der Waals surface area contributed by atoms with E-state index in [1.807, 2.05) is 0 Å². The third-order valence-corrected chi connectivity index (χ3v) is 1.70. The summed E-state index contributed by atoms with van der Waals surface area (Å²) in [7, 11) is 0. The molecule has 0 fully saturated rings. The molecule has 0 radical (unpaired) electrons. The third-order valence-electron chi connectivity index (χ3n) is 1.70. The SMILES string of the molecule is NCC(=O)NCC(=O)NCc1ccoc1. The summed E-state index contributed by atoms with van der Waals surface area (Å²) in [6.45, 7) is 0.205. The summed E-state index contributed by atoms with van der Waals surface area (Å²) in [4.78, 5) is 21.9. The predicted molar refractivity (Wildman–Crippen MR) is 52.6 cm³/mol. The Bertz CT molecular complexity index is 321. The summed E-state index contributed by atoms with van der Waals surface area (Å²) in [5, 5.41) is 4.97. The van der Waals surface area contributed by atoms with E-state index in [1.54, 1.807) is 12.3 Å². The van der Waals surface area contributed by atoms with Crippen LogP contribution in [0, 0.1) is 0 Å². The highest BCUT2D eigenvalue weighted by Gasteiger charge is 2.03. The quantitative estimate of drug-likeness (QED) is 0.580. The highest BCUT2D eigenvalue weighted by atomic mass is 16.3. The van der Waals surface area contributed by atoms with Crippen LogP contribution in [0.5, 0.6) is 0 Å². The van der Waals surface area contributed by atoms with Crippen LogP contribution in [0.1, 0.15) is 5.56 Å². The summed E-state index contributed by atoms with van der Waals surface area (Å²) < 4.78 is 4.82.